The molecular formula is C59H68O11Si. The van der Waals surface area contributed by atoms with Crippen molar-refractivity contribution in [3.63, 3.8) is 0 Å². The van der Waals surface area contributed by atoms with Gasteiger partial charge in [-0.25, -0.2) is 0 Å². The molecule has 2 fully saturated rings. The first-order valence-electron chi connectivity index (χ1n) is 24.5. The molecule has 71 heavy (non-hydrogen) atoms. The highest BCUT2D eigenvalue weighted by atomic mass is 28.4. The van der Waals surface area contributed by atoms with E-state index in [4.69, 9.17) is 42.3 Å². The van der Waals surface area contributed by atoms with Crippen LogP contribution in [0.1, 0.15) is 43.0 Å². The quantitative estimate of drug-likeness (QED) is 0.0477. The average molecular weight is 981 g/mol. The molecular weight excluding hydrogens is 913 g/mol. The molecule has 0 aliphatic carbocycles. The van der Waals surface area contributed by atoms with Crippen LogP contribution in [0.25, 0.3) is 0 Å². The topological polar surface area (TPSA) is 124 Å². The Labute approximate surface area is 420 Å². The summed E-state index contributed by atoms with van der Waals surface area (Å²) in [4.78, 5) is 0. The molecule has 0 aromatic heterocycles. The van der Waals surface area contributed by atoms with Crippen molar-refractivity contribution in [3.05, 3.63) is 217 Å². The summed E-state index contributed by atoms with van der Waals surface area (Å²) in [6.07, 6.45) is -8.62. The van der Waals surface area contributed by atoms with Crippen molar-refractivity contribution in [1.82, 2.24) is 0 Å². The van der Waals surface area contributed by atoms with Crippen LogP contribution >= 0.6 is 0 Å². The van der Waals surface area contributed by atoms with Crippen LogP contribution in [-0.4, -0.2) is 99.8 Å². The predicted molar refractivity (Wildman–Crippen MR) is 275 cm³/mol. The molecule has 0 spiro atoms. The number of benzene rings is 6. The molecule has 0 amide bonds. The van der Waals surface area contributed by atoms with Crippen LogP contribution in [0.3, 0.4) is 0 Å². The number of aliphatic hydroxyl groups excluding tert-OH is 2. The molecule has 10 atom stereocenters. The summed E-state index contributed by atoms with van der Waals surface area (Å²) in [7, 11) is -3.18. The summed E-state index contributed by atoms with van der Waals surface area (Å²) in [6, 6.07) is 60.1. The Balaban J connectivity index is 1.24. The first-order chi connectivity index (χ1) is 34.7. The lowest BCUT2D eigenvalue weighted by atomic mass is 9.96. The van der Waals surface area contributed by atoms with Gasteiger partial charge < -0.3 is 52.5 Å². The van der Waals surface area contributed by atoms with E-state index in [0.717, 1.165) is 32.6 Å². The Kier molecular flexibility index (Phi) is 18.7. The Morgan fingerprint density at radius 1 is 0.493 bits per heavy atom. The fraction of sp³-hybridized carbons (Fsp3) is 0.356. The normalized spacial score (nSPS) is 24.9. The summed E-state index contributed by atoms with van der Waals surface area (Å²) in [6.45, 7) is 11.0. The van der Waals surface area contributed by atoms with Crippen molar-refractivity contribution in [3.8, 4) is 0 Å². The van der Waals surface area contributed by atoms with Crippen molar-refractivity contribution in [1.29, 1.82) is 0 Å². The van der Waals surface area contributed by atoms with Gasteiger partial charge in [-0.05, 0) is 37.7 Å². The van der Waals surface area contributed by atoms with Crippen LogP contribution in [-0.2, 0) is 68.7 Å². The van der Waals surface area contributed by atoms with E-state index in [9.17, 15) is 10.2 Å². The molecule has 2 N–H and O–H groups in total. The molecule has 0 unspecified atom stereocenters. The molecule has 2 aliphatic heterocycles. The van der Waals surface area contributed by atoms with Gasteiger partial charge in [0.15, 0.2) is 12.6 Å². The van der Waals surface area contributed by atoms with Crippen LogP contribution < -0.4 is 10.4 Å². The predicted octanol–water partition coefficient (Wildman–Crippen LogP) is 8.30. The maximum absolute atomic E-state index is 12.0. The lowest BCUT2D eigenvalue weighted by Crippen LogP contribution is -2.69. The van der Waals surface area contributed by atoms with Gasteiger partial charge in [0.2, 0.25) is 0 Å². The minimum atomic E-state index is -3.18. The molecule has 0 bridgehead atoms. The van der Waals surface area contributed by atoms with Gasteiger partial charge in [0, 0.05) is 0 Å². The van der Waals surface area contributed by atoms with Crippen molar-refractivity contribution in [2.45, 2.75) is 114 Å². The largest absolute Gasteiger partial charge is 0.405 e. The molecule has 6 aromatic carbocycles. The van der Waals surface area contributed by atoms with Crippen LogP contribution in [0.4, 0.5) is 0 Å². The Hall–Kier alpha value is -5.16. The summed E-state index contributed by atoms with van der Waals surface area (Å²) in [5.41, 5.74) is 3.66. The van der Waals surface area contributed by atoms with E-state index < -0.39 is 76.3 Å². The van der Waals surface area contributed by atoms with Crippen molar-refractivity contribution in [2.75, 3.05) is 19.8 Å². The molecule has 6 aromatic rings. The lowest BCUT2D eigenvalue weighted by molar-refractivity contribution is -0.373. The summed E-state index contributed by atoms with van der Waals surface area (Å²) >= 11 is 0. The number of rotatable bonds is 23. The fourth-order valence-corrected chi connectivity index (χ4v) is 14.1. The highest BCUT2D eigenvalue weighted by Crippen LogP contribution is 2.40. The SMILES string of the molecule is C=CCO[C@H]1O[C@H](CO[Si](c2ccccc2)(c2ccccc2)C(C)(C)C)[C@@H](O[C@H]2O[C@H](CO)[C@@H](O)[C@H](OCc3ccccc3)[C@H]2OCc2ccccc2)[C@H](OCc2ccccc2)[C@H]1OCc1ccccc1. The zero-order valence-electron chi connectivity index (χ0n) is 40.9. The fourth-order valence-electron chi connectivity index (χ4n) is 9.55. The zero-order valence-corrected chi connectivity index (χ0v) is 41.9. The zero-order chi connectivity index (χ0) is 49.5. The number of aliphatic hydroxyl groups is 2. The number of ether oxygens (including phenoxy) is 8. The monoisotopic (exact) mass is 980 g/mol. The van der Waals surface area contributed by atoms with E-state index in [1.165, 1.54) is 0 Å². The third-order valence-electron chi connectivity index (χ3n) is 13.1. The number of hydrogen-bond acceptors (Lipinski definition) is 11. The van der Waals surface area contributed by atoms with E-state index in [1.54, 1.807) is 6.08 Å². The standard InChI is InChI=1S/C59H68O11Si/c1-5-36-62-57-56(66-41-46-30-18-9-19-31-46)54(64-39-44-26-14-7-15-27-44)52(50(69-57)42-67-71(59(2,3)4,47-32-20-10-21-33-47)48-34-22-11-23-35-48)70-58-55(65-40-45-28-16-8-17-29-45)53(51(61)49(37-60)68-58)63-38-43-24-12-6-13-25-43/h5-35,49-58,60-61H,1,36-42H2,2-4H3/t49-,50-,51-,52-,53+,54+,55-,56-,57+,58-/m1/s1. The summed E-state index contributed by atoms with van der Waals surface area (Å²) in [5, 5.41) is 24.6. The van der Waals surface area contributed by atoms with Crippen LogP contribution in [0.2, 0.25) is 5.04 Å². The van der Waals surface area contributed by atoms with Gasteiger partial charge >= 0.3 is 0 Å². The van der Waals surface area contributed by atoms with Gasteiger partial charge in [-0.3, -0.25) is 0 Å². The molecule has 2 saturated heterocycles. The van der Waals surface area contributed by atoms with E-state index in [0.29, 0.717) is 0 Å². The Morgan fingerprint density at radius 3 is 1.28 bits per heavy atom. The molecule has 374 valence electrons. The smallest absolute Gasteiger partial charge is 0.261 e. The Morgan fingerprint density at radius 2 is 0.873 bits per heavy atom. The van der Waals surface area contributed by atoms with Gasteiger partial charge in [-0.15, -0.1) is 6.58 Å². The average Bonchev–Trinajstić information content (AvgIpc) is 3.40. The number of hydrogen-bond donors (Lipinski definition) is 2. The molecule has 2 heterocycles. The second kappa shape index (κ2) is 25.5. The summed E-state index contributed by atoms with van der Waals surface area (Å²) < 4.78 is 62.7. The van der Waals surface area contributed by atoms with Gasteiger partial charge in [-0.1, -0.05) is 209 Å². The molecule has 12 heteroatoms. The highest BCUT2D eigenvalue weighted by molar-refractivity contribution is 6.99. The van der Waals surface area contributed by atoms with E-state index in [-0.39, 0.29) is 44.7 Å². The second-order valence-electron chi connectivity index (χ2n) is 19.0. The van der Waals surface area contributed by atoms with E-state index in [2.05, 4.69) is 75.9 Å². The summed E-state index contributed by atoms with van der Waals surface area (Å²) in [5.74, 6) is 0. The van der Waals surface area contributed by atoms with Crippen molar-refractivity contribution in [2.24, 2.45) is 0 Å². The van der Waals surface area contributed by atoms with Gasteiger partial charge in [0.1, 0.15) is 48.8 Å². The first kappa shape index (κ1) is 52.2. The molecule has 2 aliphatic rings. The molecule has 0 radical (unpaired) electrons. The minimum absolute atomic E-state index is 0.0325. The Bertz CT molecular complexity index is 2410. The molecule has 11 nitrogen and oxygen atoms in total. The maximum atomic E-state index is 12.0. The van der Waals surface area contributed by atoms with Crippen molar-refractivity contribution < 1.29 is 52.5 Å². The van der Waals surface area contributed by atoms with Gasteiger partial charge in [-0.2, -0.15) is 0 Å². The molecule has 0 saturated carbocycles. The van der Waals surface area contributed by atoms with Gasteiger partial charge in [0.25, 0.3) is 8.32 Å². The minimum Gasteiger partial charge on any atom is -0.405 e. The third kappa shape index (κ3) is 13.1. The van der Waals surface area contributed by atoms with Crippen LogP contribution in [0.15, 0.2) is 195 Å². The van der Waals surface area contributed by atoms with E-state index in [1.807, 2.05) is 133 Å². The van der Waals surface area contributed by atoms with Crippen molar-refractivity contribution >= 4 is 18.7 Å². The molecule has 8 rings (SSSR count). The van der Waals surface area contributed by atoms with Gasteiger partial charge in [0.05, 0.1) is 46.2 Å². The second-order valence-corrected chi connectivity index (χ2v) is 23.3. The van der Waals surface area contributed by atoms with Crippen LogP contribution in [0.5, 0.6) is 0 Å². The maximum Gasteiger partial charge on any atom is 0.261 e. The first-order valence-corrected chi connectivity index (χ1v) is 26.4. The third-order valence-corrected chi connectivity index (χ3v) is 18.1. The van der Waals surface area contributed by atoms with E-state index >= 15 is 0 Å². The highest BCUT2D eigenvalue weighted by Gasteiger charge is 2.56. The lowest BCUT2D eigenvalue weighted by Gasteiger charge is -2.50. The van der Waals surface area contributed by atoms with Crippen LogP contribution in [0, 0.1) is 0 Å².